The number of unbranched alkanes of at least 4 members (excludes halogenated alkanes) is 3. The Morgan fingerprint density at radius 1 is 0.573 bits per heavy atom. The number of guanidine groups is 1. The Kier molecular flexibility index (Phi) is 147. The molecule has 3 aromatic carbocycles. The molecule has 0 aliphatic heterocycles. The molecule has 0 saturated heterocycles. The number of aromatic hydroxyl groups is 1. The van der Waals surface area contributed by atoms with Crippen molar-refractivity contribution in [2.75, 3.05) is 37.5 Å². The largest absolute Gasteiger partial charge is 0.508 e. The van der Waals surface area contributed by atoms with Crippen LogP contribution in [-0.2, 0) is 44.9 Å². The number of phenols is 1. The van der Waals surface area contributed by atoms with Crippen LogP contribution in [0.2, 0.25) is 0 Å². The van der Waals surface area contributed by atoms with E-state index in [4.69, 9.17) is 48.5 Å². The standard InChI is InChI=1S/C10H11N.C8H10O.C8H10.C5H13N3.C5H8N2.C5H13N.2C5H12.C4H9NO.C4H8O2.C4H10S.C4H10.C3H7NO.C3H6O2.C3H8O.C2H6O.C2H6S.C2H6.CH4/c1-2-8-7-11-10-6-4-3-5-9(8)10;1-2-7-3-5-8(9)6-4-7;1-2-8-6-4-3-5-7-8;1-2-3-4-8-5(6)7;1-2-5-3-6-4-7-5;1-2-3-4-5-6;2*1-4-5(2)3;2*1-2-3-4(5)6;1-3-4-5-2;1-4(2)3;2*1-2-3(4)5;1-3(2)4;2*1-2-3;1-2;/h3-7,11H,2H2,1H3;3-6,9H,2H2,1H3;3-7H,2H2,1H3;2-4H2,1H3,(H4,6,7,8);3-4H,2H2,1H3,(H,6,7);2-6H2,1H3;2*5H,4H2,1-3H3;2-3H2,1H3,(H2,5,6);2-3H2,1H3,(H,5,6);3-4H2,1-2H3;4H,1-3H3;2H2,1H3,(H2,4,5);2H2,1H3,(H,4,5);3-4H,1-2H3;2*3H,2H2,1H3;1-2H3;1H4. The number of primary amides is 2. The van der Waals surface area contributed by atoms with Gasteiger partial charge in [0.25, 0.3) is 0 Å². The number of aryl methyl sites for hydroxylation is 4. The molecular formula is C83H169N9O9S2. The van der Waals surface area contributed by atoms with Crippen LogP contribution in [0.4, 0.5) is 0 Å². The van der Waals surface area contributed by atoms with Gasteiger partial charge in [0.1, 0.15) is 5.75 Å². The first-order valence-electron chi connectivity index (χ1n) is 37.6. The average Bonchev–Trinajstić information content (AvgIpc) is 1.71. The molecule has 612 valence electrons. The average molecular weight is 1500 g/mol. The number of carbonyl (C=O) groups is 4. The Morgan fingerprint density at radius 2 is 0.971 bits per heavy atom. The lowest BCUT2D eigenvalue weighted by molar-refractivity contribution is -0.137. The second-order valence-corrected chi connectivity index (χ2v) is 24.8. The number of carboxylic acids is 2. The predicted octanol–water partition coefficient (Wildman–Crippen LogP) is 21.1. The fraction of sp³-hybridized carbons (Fsp3) is 0.663. The Labute approximate surface area is 644 Å². The van der Waals surface area contributed by atoms with E-state index in [2.05, 4.69) is 210 Å². The lowest BCUT2D eigenvalue weighted by Crippen LogP contribution is -2.22. The summed E-state index contributed by atoms with van der Waals surface area (Å²) < 4.78 is 0. The molecule has 103 heavy (non-hydrogen) atoms. The maximum atomic E-state index is 9.82. The number of hydrogen-bond donors (Lipinski definition) is 13. The van der Waals surface area contributed by atoms with E-state index in [1.54, 1.807) is 53.1 Å². The third-order valence-corrected chi connectivity index (χ3v) is 11.7. The number of aliphatic hydroxyl groups excluding tert-OH is 2. The lowest BCUT2D eigenvalue weighted by atomic mass is 10.1. The van der Waals surface area contributed by atoms with E-state index in [0.717, 1.165) is 88.0 Å². The number of nitrogens with zero attached hydrogens (tertiary/aromatic N) is 2. The van der Waals surface area contributed by atoms with Gasteiger partial charge in [-0.15, -0.1) is 0 Å². The minimum Gasteiger partial charge on any atom is -0.508 e. The smallest absolute Gasteiger partial charge is 0.303 e. The summed E-state index contributed by atoms with van der Waals surface area (Å²) in [7, 11) is 0. The van der Waals surface area contributed by atoms with Crippen LogP contribution in [0.15, 0.2) is 103 Å². The van der Waals surface area contributed by atoms with Crippen molar-refractivity contribution in [2.24, 2.45) is 51.4 Å². The molecule has 20 heteroatoms. The quantitative estimate of drug-likeness (QED) is 0.0149. The van der Waals surface area contributed by atoms with Crippen LogP contribution < -0.4 is 28.7 Å². The van der Waals surface area contributed by atoms with Crippen LogP contribution in [0.1, 0.15) is 300 Å². The first-order valence-corrected chi connectivity index (χ1v) is 39.6. The number of amides is 2. The number of hydrogen-bond acceptors (Lipinski definition) is 12. The van der Waals surface area contributed by atoms with Crippen molar-refractivity contribution < 1.29 is 44.7 Å². The summed E-state index contributed by atoms with van der Waals surface area (Å²) in [5.41, 5.74) is 31.3. The third kappa shape index (κ3) is 168. The van der Waals surface area contributed by atoms with E-state index in [-0.39, 0.29) is 44.3 Å². The second-order valence-electron chi connectivity index (χ2n) is 23.1. The molecule has 0 saturated carbocycles. The summed E-state index contributed by atoms with van der Waals surface area (Å²) in [5, 5.41) is 41.5. The van der Waals surface area contributed by atoms with Crippen molar-refractivity contribution in [3.05, 3.63) is 120 Å². The number of thiol groups is 1. The van der Waals surface area contributed by atoms with Gasteiger partial charge in [0.05, 0.1) is 6.33 Å². The van der Waals surface area contributed by atoms with Gasteiger partial charge in [0.15, 0.2) is 5.96 Å². The molecule has 0 aliphatic carbocycles. The topological polar surface area (TPSA) is 356 Å². The number of para-hydroxylation sites is 1. The number of benzene rings is 3. The number of carbonyl (C=O) groups excluding carboxylic acids is 2. The zero-order valence-corrected chi connectivity index (χ0v) is 72.0. The van der Waals surface area contributed by atoms with Gasteiger partial charge >= 0.3 is 11.9 Å². The van der Waals surface area contributed by atoms with E-state index in [1.807, 2.05) is 70.8 Å². The van der Waals surface area contributed by atoms with Gasteiger partial charge in [0.2, 0.25) is 11.8 Å². The molecule has 0 radical (unpaired) electrons. The number of phenolic OH excluding ortho intramolecular Hbond substituents is 1. The SMILES string of the molecule is C.CC.CC(C)C.CC(C)O.CCC(=O)O.CCC(C)C.CCC(C)C.CCC(N)=O.CCCC(=O)O.CCCC(N)=O.CCCCCN.CCCCN=C(N)N.CCCSC.CCO.CCS.CCc1c[nH]c2ccccc12.CCc1ccc(O)cc1.CCc1ccccc1.CCc1cnc[nH]1. The Morgan fingerprint density at radius 3 is 1.18 bits per heavy atom. The summed E-state index contributed by atoms with van der Waals surface area (Å²) in [5.74, 6) is 3.47. The van der Waals surface area contributed by atoms with Gasteiger partial charge in [-0.3, -0.25) is 24.2 Å². The predicted molar refractivity (Wildman–Crippen MR) is 464 cm³/mol. The zero-order chi connectivity index (χ0) is 82.4. The Bertz CT molecular complexity index is 2240. The molecule has 0 aliphatic rings. The fourth-order valence-electron chi connectivity index (χ4n) is 4.77. The summed E-state index contributed by atoms with van der Waals surface area (Å²) in [6.07, 6.45) is 24.8. The van der Waals surface area contributed by atoms with E-state index in [9.17, 15) is 19.2 Å². The highest BCUT2D eigenvalue weighted by Gasteiger charge is 1.98. The molecule has 2 aromatic heterocycles. The van der Waals surface area contributed by atoms with Crippen molar-refractivity contribution in [1.29, 1.82) is 0 Å². The number of aromatic amines is 2. The second kappa shape index (κ2) is 117. The van der Waals surface area contributed by atoms with E-state index < -0.39 is 11.9 Å². The van der Waals surface area contributed by atoms with Crippen molar-refractivity contribution >= 4 is 65.0 Å². The zero-order valence-electron chi connectivity index (χ0n) is 70.3. The molecule has 0 bridgehead atoms. The van der Waals surface area contributed by atoms with Crippen LogP contribution in [0.25, 0.3) is 10.9 Å². The van der Waals surface area contributed by atoms with Gasteiger partial charge < -0.3 is 64.2 Å². The number of aliphatic imine (C=N–C) groups is 1. The highest BCUT2D eigenvalue weighted by atomic mass is 32.2. The number of carboxylic acid groups (broad SMARTS) is 2. The maximum Gasteiger partial charge on any atom is 0.303 e. The number of imidazole rings is 1. The number of rotatable bonds is 20. The molecule has 2 heterocycles. The highest BCUT2D eigenvalue weighted by Crippen LogP contribution is 2.17. The number of nitrogens with one attached hydrogen (secondary N) is 2. The van der Waals surface area contributed by atoms with E-state index >= 15 is 0 Å². The molecule has 17 N–H and O–H groups in total. The number of H-pyrrole nitrogens is 2. The molecule has 5 aromatic rings. The Hall–Kier alpha value is -6.06. The number of nitrogens with two attached hydrogens (primary N) is 5. The van der Waals surface area contributed by atoms with Gasteiger partial charge in [-0.05, 0) is 156 Å². The van der Waals surface area contributed by atoms with Crippen molar-refractivity contribution in [1.82, 2.24) is 15.0 Å². The number of fused-ring (bicyclic) bond motifs is 1. The minimum absolute atomic E-state index is 0. The minimum atomic E-state index is -0.745. The molecule has 0 unspecified atom stereocenters. The third-order valence-electron chi connectivity index (χ3n) is 10.9. The number of aliphatic carboxylic acids is 2. The van der Waals surface area contributed by atoms with Crippen LogP contribution in [-0.4, -0.2) is 114 Å². The molecule has 0 fully saturated rings. The first kappa shape index (κ1) is 130. The van der Waals surface area contributed by atoms with Gasteiger partial charge in [-0.25, -0.2) is 4.98 Å². The molecule has 0 spiro atoms. The highest BCUT2D eigenvalue weighted by molar-refractivity contribution is 7.98. The number of aromatic nitrogens is 3. The first-order chi connectivity index (χ1) is 48.1. The fourth-order valence-corrected chi connectivity index (χ4v) is 5.18. The van der Waals surface area contributed by atoms with Crippen LogP contribution >= 0.6 is 24.4 Å². The molecule has 5 rings (SSSR count). The van der Waals surface area contributed by atoms with Crippen molar-refractivity contribution in [2.45, 2.75) is 309 Å². The van der Waals surface area contributed by atoms with Crippen molar-refractivity contribution in [3.63, 3.8) is 0 Å². The van der Waals surface area contributed by atoms with Gasteiger partial charge in [-0.1, -0.05) is 259 Å². The van der Waals surface area contributed by atoms with Crippen LogP contribution in [0.3, 0.4) is 0 Å². The van der Waals surface area contributed by atoms with Crippen molar-refractivity contribution in [3.8, 4) is 5.75 Å². The molecule has 18 nitrogen and oxygen atoms in total. The van der Waals surface area contributed by atoms with Gasteiger partial charge in [-0.2, -0.15) is 24.4 Å². The van der Waals surface area contributed by atoms with Crippen LogP contribution in [0.5, 0.6) is 5.75 Å². The van der Waals surface area contributed by atoms with E-state index in [1.165, 1.54) is 77.6 Å². The molecule has 2 amide bonds. The van der Waals surface area contributed by atoms with Gasteiger partial charge in [0, 0.05) is 73.9 Å². The summed E-state index contributed by atoms with van der Waals surface area (Å²) in [6, 6.07) is 26.1. The molecule has 0 atom stereocenters. The monoisotopic (exact) mass is 1500 g/mol. The summed E-state index contributed by atoms with van der Waals surface area (Å²) in [6.45, 7) is 54.8. The number of thioether (sulfide) groups is 1. The van der Waals surface area contributed by atoms with Crippen LogP contribution in [0, 0.1) is 17.8 Å². The number of aliphatic hydroxyl groups is 2. The lowest BCUT2D eigenvalue weighted by Gasteiger charge is -1.93. The van der Waals surface area contributed by atoms with E-state index in [0.29, 0.717) is 25.0 Å². The maximum absolute atomic E-state index is 9.82. The summed E-state index contributed by atoms with van der Waals surface area (Å²) in [4.78, 5) is 52.2. The molecular weight excluding hydrogens is 1330 g/mol. The Balaban J connectivity index is -0.0000000687. The normalized spacial score (nSPS) is 8.61. The summed E-state index contributed by atoms with van der Waals surface area (Å²) >= 11 is 5.69.